The third-order valence-corrected chi connectivity index (χ3v) is 4.55. The molecule has 1 aromatic carbocycles. The second-order valence-corrected chi connectivity index (χ2v) is 6.75. The summed E-state index contributed by atoms with van der Waals surface area (Å²) in [6, 6.07) is 9.46. The summed E-state index contributed by atoms with van der Waals surface area (Å²) in [5, 5.41) is 0. The van der Waals surface area contributed by atoms with Crippen LogP contribution in [-0.4, -0.2) is 56.9 Å². The van der Waals surface area contributed by atoms with Crippen LogP contribution in [0.1, 0.15) is 26.7 Å². The molecule has 0 aliphatic carbocycles. The van der Waals surface area contributed by atoms with Gasteiger partial charge in [-0.25, -0.2) is 0 Å². The predicted molar refractivity (Wildman–Crippen MR) is 93.1 cm³/mol. The number of amides is 1. The second-order valence-electron chi connectivity index (χ2n) is 6.75. The standard InChI is InChI=1S/C19H29NO4/c1-16(24-17-7-5-4-6-8-17)18(21)20(11-14-22-3)15-19(2)9-12-23-13-10-19/h4-8,16H,9-15H2,1-3H3. The van der Waals surface area contributed by atoms with E-state index in [1.54, 1.807) is 14.0 Å². The quantitative estimate of drug-likeness (QED) is 0.733. The van der Waals surface area contributed by atoms with Crippen molar-refractivity contribution in [2.24, 2.45) is 5.41 Å². The zero-order valence-corrected chi connectivity index (χ0v) is 15.0. The van der Waals surface area contributed by atoms with E-state index < -0.39 is 6.10 Å². The molecule has 1 aliphatic heterocycles. The molecule has 5 heteroatoms. The Morgan fingerprint density at radius 2 is 1.96 bits per heavy atom. The zero-order valence-electron chi connectivity index (χ0n) is 15.0. The maximum atomic E-state index is 12.9. The van der Waals surface area contributed by atoms with Gasteiger partial charge in [0.15, 0.2) is 6.10 Å². The van der Waals surface area contributed by atoms with Crippen LogP contribution in [0.25, 0.3) is 0 Å². The van der Waals surface area contributed by atoms with Gasteiger partial charge in [0.05, 0.1) is 6.61 Å². The Balaban J connectivity index is 2.00. The fraction of sp³-hybridized carbons (Fsp3) is 0.632. The van der Waals surface area contributed by atoms with Crippen molar-refractivity contribution in [3.05, 3.63) is 30.3 Å². The molecule has 0 saturated carbocycles. The van der Waals surface area contributed by atoms with E-state index in [0.717, 1.165) is 26.1 Å². The van der Waals surface area contributed by atoms with Gasteiger partial charge < -0.3 is 19.1 Å². The molecule has 0 N–H and O–H groups in total. The summed E-state index contributed by atoms with van der Waals surface area (Å²) in [5.74, 6) is 0.714. The molecule has 1 unspecified atom stereocenters. The fourth-order valence-electron chi connectivity index (χ4n) is 2.96. The minimum atomic E-state index is -0.521. The number of nitrogens with zero attached hydrogens (tertiary/aromatic N) is 1. The van der Waals surface area contributed by atoms with Crippen molar-refractivity contribution < 1.29 is 19.0 Å². The summed E-state index contributed by atoms with van der Waals surface area (Å²) >= 11 is 0. The van der Waals surface area contributed by atoms with Crippen LogP contribution >= 0.6 is 0 Å². The number of hydrogen-bond acceptors (Lipinski definition) is 4. The van der Waals surface area contributed by atoms with E-state index >= 15 is 0 Å². The van der Waals surface area contributed by atoms with E-state index in [1.165, 1.54) is 0 Å². The summed E-state index contributed by atoms with van der Waals surface area (Å²) in [7, 11) is 1.66. The van der Waals surface area contributed by atoms with Gasteiger partial charge in [0.2, 0.25) is 0 Å². The first-order valence-electron chi connectivity index (χ1n) is 8.61. The largest absolute Gasteiger partial charge is 0.481 e. The molecule has 1 fully saturated rings. The molecule has 0 bridgehead atoms. The van der Waals surface area contributed by atoms with Gasteiger partial charge in [-0.1, -0.05) is 25.1 Å². The van der Waals surface area contributed by atoms with Gasteiger partial charge in [0.1, 0.15) is 5.75 Å². The number of para-hydroxylation sites is 1. The van der Waals surface area contributed by atoms with Crippen LogP contribution in [-0.2, 0) is 14.3 Å². The average Bonchev–Trinajstić information content (AvgIpc) is 2.59. The lowest BCUT2D eigenvalue weighted by molar-refractivity contribution is -0.141. The van der Waals surface area contributed by atoms with E-state index in [9.17, 15) is 4.79 Å². The van der Waals surface area contributed by atoms with E-state index in [2.05, 4.69) is 6.92 Å². The lowest BCUT2D eigenvalue weighted by Gasteiger charge is -2.39. The molecular formula is C19H29NO4. The molecule has 1 saturated heterocycles. The summed E-state index contributed by atoms with van der Waals surface area (Å²) in [6.07, 6.45) is 1.42. The average molecular weight is 335 g/mol. The normalized spacial score (nSPS) is 18.0. The van der Waals surface area contributed by atoms with E-state index in [0.29, 0.717) is 25.4 Å². The Morgan fingerprint density at radius 3 is 2.58 bits per heavy atom. The summed E-state index contributed by atoms with van der Waals surface area (Å²) in [6.45, 7) is 7.37. The summed E-state index contributed by atoms with van der Waals surface area (Å²) in [4.78, 5) is 14.8. The number of benzene rings is 1. The van der Waals surface area contributed by atoms with Gasteiger partial charge in [-0.05, 0) is 37.3 Å². The molecule has 1 amide bonds. The van der Waals surface area contributed by atoms with E-state index in [1.807, 2.05) is 35.2 Å². The van der Waals surface area contributed by atoms with Crippen molar-refractivity contribution in [2.75, 3.05) is 40.0 Å². The molecule has 1 atom stereocenters. The van der Waals surface area contributed by atoms with Crippen molar-refractivity contribution in [3.8, 4) is 5.75 Å². The molecule has 0 aromatic heterocycles. The third-order valence-electron chi connectivity index (χ3n) is 4.55. The molecule has 134 valence electrons. The van der Waals surface area contributed by atoms with Crippen LogP contribution in [0.4, 0.5) is 0 Å². The molecule has 2 rings (SSSR count). The smallest absolute Gasteiger partial charge is 0.263 e. The topological polar surface area (TPSA) is 48.0 Å². The highest BCUT2D eigenvalue weighted by Crippen LogP contribution is 2.31. The molecule has 1 aromatic rings. The lowest BCUT2D eigenvalue weighted by Crippen LogP contribution is -2.48. The number of carbonyl (C=O) groups excluding carboxylic acids is 1. The molecular weight excluding hydrogens is 306 g/mol. The van der Waals surface area contributed by atoms with Gasteiger partial charge in [-0.2, -0.15) is 0 Å². The van der Waals surface area contributed by atoms with Gasteiger partial charge in [0.25, 0.3) is 5.91 Å². The highest BCUT2D eigenvalue weighted by molar-refractivity contribution is 5.81. The Labute approximate surface area is 144 Å². The molecule has 1 aliphatic rings. The lowest BCUT2D eigenvalue weighted by atomic mass is 9.82. The van der Waals surface area contributed by atoms with Crippen molar-refractivity contribution in [1.29, 1.82) is 0 Å². The highest BCUT2D eigenvalue weighted by Gasteiger charge is 2.33. The van der Waals surface area contributed by atoms with Crippen molar-refractivity contribution in [1.82, 2.24) is 4.90 Å². The van der Waals surface area contributed by atoms with Crippen LogP contribution in [0.5, 0.6) is 5.75 Å². The Bertz CT molecular complexity index is 499. The predicted octanol–water partition coefficient (Wildman–Crippen LogP) is 2.75. The van der Waals surface area contributed by atoms with Crippen LogP contribution in [0, 0.1) is 5.41 Å². The second kappa shape index (κ2) is 9.04. The van der Waals surface area contributed by atoms with E-state index in [4.69, 9.17) is 14.2 Å². The van der Waals surface area contributed by atoms with Gasteiger partial charge >= 0.3 is 0 Å². The first-order chi connectivity index (χ1) is 11.5. The van der Waals surface area contributed by atoms with Crippen LogP contribution in [0.3, 0.4) is 0 Å². The number of methoxy groups -OCH3 is 1. The highest BCUT2D eigenvalue weighted by atomic mass is 16.5. The number of rotatable bonds is 8. The monoisotopic (exact) mass is 335 g/mol. The van der Waals surface area contributed by atoms with Crippen molar-refractivity contribution in [3.63, 3.8) is 0 Å². The maximum Gasteiger partial charge on any atom is 0.263 e. The van der Waals surface area contributed by atoms with Gasteiger partial charge in [-0.3, -0.25) is 4.79 Å². The SMILES string of the molecule is COCCN(CC1(C)CCOCC1)C(=O)C(C)Oc1ccccc1. The van der Waals surface area contributed by atoms with E-state index in [-0.39, 0.29) is 11.3 Å². The van der Waals surface area contributed by atoms with Crippen LogP contribution < -0.4 is 4.74 Å². The maximum absolute atomic E-state index is 12.9. The third kappa shape index (κ3) is 5.49. The molecule has 24 heavy (non-hydrogen) atoms. The Kier molecular flexibility index (Phi) is 7.06. The molecule has 1 heterocycles. The van der Waals surface area contributed by atoms with Crippen molar-refractivity contribution in [2.45, 2.75) is 32.8 Å². The number of ether oxygens (including phenoxy) is 3. The van der Waals surface area contributed by atoms with Gasteiger partial charge in [0, 0.05) is 33.4 Å². The molecule has 5 nitrogen and oxygen atoms in total. The fourth-order valence-corrected chi connectivity index (χ4v) is 2.96. The Morgan fingerprint density at radius 1 is 1.29 bits per heavy atom. The molecule has 0 radical (unpaired) electrons. The van der Waals surface area contributed by atoms with Crippen LogP contribution in [0.2, 0.25) is 0 Å². The van der Waals surface area contributed by atoms with Crippen molar-refractivity contribution >= 4 is 5.91 Å². The minimum absolute atomic E-state index is 0.00335. The molecule has 0 spiro atoms. The zero-order chi connectivity index (χ0) is 17.4. The Hall–Kier alpha value is -1.59. The van der Waals surface area contributed by atoms with Crippen LogP contribution in [0.15, 0.2) is 30.3 Å². The first-order valence-corrected chi connectivity index (χ1v) is 8.61. The summed E-state index contributed by atoms with van der Waals surface area (Å²) < 4.78 is 16.4. The minimum Gasteiger partial charge on any atom is -0.481 e. The summed E-state index contributed by atoms with van der Waals surface area (Å²) in [5.41, 5.74) is 0.0914. The first kappa shape index (κ1) is 18.7. The van der Waals surface area contributed by atoms with Gasteiger partial charge in [-0.15, -0.1) is 0 Å². The number of carbonyl (C=O) groups is 1. The number of hydrogen-bond donors (Lipinski definition) is 0.